The van der Waals surface area contributed by atoms with Crippen LogP contribution in [0.1, 0.15) is 31.1 Å². The molecule has 8 heteroatoms. The fraction of sp³-hybridized carbons (Fsp3) is 0.407. The van der Waals surface area contributed by atoms with Gasteiger partial charge in [-0.15, -0.1) is 0 Å². The van der Waals surface area contributed by atoms with Crippen molar-refractivity contribution < 1.29 is 28.5 Å². The SMILES string of the molecule is CCOC(=O)C1CCN(Cc2c(O)ccc3c(=O)c(-c4ccc(OC)c(OC)c4)c(C)oc23)CC1. The second-order valence-electron chi connectivity index (χ2n) is 8.67. The van der Waals surface area contributed by atoms with Gasteiger partial charge >= 0.3 is 5.97 Å². The summed E-state index contributed by atoms with van der Waals surface area (Å²) in [6.07, 6.45) is 1.38. The molecule has 4 rings (SSSR count). The highest BCUT2D eigenvalue weighted by atomic mass is 16.5. The van der Waals surface area contributed by atoms with E-state index in [0.29, 0.717) is 84.0 Å². The largest absolute Gasteiger partial charge is 0.507 e. The highest BCUT2D eigenvalue weighted by Gasteiger charge is 2.27. The maximum absolute atomic E-state index is 13.6. The Kier molecular flexibility index (Phi) is 7.31. The lowest BCUT2D eigenvalue weighted by molar-refractivity contribution is -0.149. The van der Waals surface area contributed by atoms with Gasteiger partial charge in [-0.25, -0.2) is 0 Å². The van der Waals surface area contributed by atoms with Crippen LogP contribution in [0.2, 0.25) is 0 Å². The zero-order valence-electron chi connectivity index (χ0n) is 20.6. The number of aryl methyl sites for hydroxylation is 1. The maximum atomic E-state index is 13.6. The lowest BCUT2D eigenvalue weighted by atomic mass is 9.96. The molecule has 1 aliphatic rings. The molecule has 0 saturated carbocycles. The highest BCUT2D eigenvalue weighted by Crippen LogP contribution is 2.35. The number of benzene rings is 2. The average Bonchev–Trinajstić information content (AvgIpc) is 2.86. The molecule has 0 aliphatic carbocycles. The molecule has 8 nitrogen and oxygen atoms in total. The molecule has 1 saturated heterocycles. The summed E-state index contributed by atoms with van der Waals surface area (Å²) in [6.45, 7) is 5.72. The first-order chi connectivity index (χ1) is 16.9. The average molecular weight is 482 g/mol. The third kappa shape index (κ3) is 4.84. The molecule has 0 atom stereocenters. The van der Waals surface area contributed by atoms with Crippen LogP contribution in [-0.2, 0) is 16.1 Å². The summed E-state index contributed by atoms with van der Waals surface area (Å²) in [5, 5.41) is 11.0. The van der Waals surface area contributed by atoms with Gasteiger partial charge < -0.3 is 23.7 Å². The number of esters is 1. The quantitative estimate of drug-likeness (QED) is 0.500. The number of aromatic hydroxyl groups is 1. The lowest BCUT2D eigenvalue weighted by Gasteiger charge is -2.31. The third-order valence-corrected chi connectivity index (χ3v) is 6.58. The standard InChI is InChI=1S/C27H31NO7/c1-5-34-27(31)17-10-12-28(13-11-17)15-20-21(29)8-7-19-25(30)24(16(2)35-26(19)20)18-6-9-22(32-3)23(14-18)33-4/h6-9,14,17,29H,5,10-13,15H2,1-4H3. The molecule has 0 amide bonds. The number of carbonyl (C=O) groups is 1. The lowest BCUT2D eigenvalue weighted by Crippen LogP contribution is -2.36. The van der Waals surface area contributed by atoms with E-state index in [4.69, 9.17) is 18.6 Å². The van der Waals surface area contributed by atoms with Gasteiger partial charge in [0, 0.05) is 6.54 Å². The van der Waals surface area contributed by atoms with Crippen molar-refractivity contribution in [1.29, 1.82) is 0 Å². The minimum atomic E-state index is -0.182. The van der Waals surface area contributed by atoms with Crippen molar-refractivity contribution >= 4 is 16.9 Å². The molecule has 1 aromatic heterocycles. The summed E-state index contributed by atoms with van der Waals surface area (Å²) in [6, 6.07) is 8.42. The van der Waals surface area contributed by atoms with E-state index in [1.54, 1.807) is 45.4 Å². The van der Waals surface area contributed by atoms with Crippen LogP contribution in [0, 0.1) is 12.8 Å². The molecular formula is C27H31NO7. The molecule has 2 heterocycles. The van der Waals surface area contributed by atoms with Crippen molar-refractivity contribution in [2.24, 2.45) is 5.92 Å². The monoisotopic (exact) mass is 481 g/mol. The second-order valence-corrected chi connectivity index (χ2v) is 8.67. The first-order valence-electron chi connectivity index (χ1n) is 11.8. The molecular weight excluding hydrogens is 450 g/mol. The van der Waals surface area contributed by atoms with Crippen LogP contribution in [0.15, 0.2) is 39.5 Å². The highest BCUT2D eigenvalue weighted by molar-refractivity contribution is 5.87. The van der Waals surface area contributed by atoms with E-state index in [9.17, 15) is 14.7 Å². The number of likely N-dealkylation sites (tertiary alicyclic amines) is 1. The summed E-state index contributed by atoms with van der Waals surface area (Å²) in [7, 11) is 3.10. The molecule has 0 radical (unpaired) electrons. The molecule has 1 aliphatic heterocycles. The molecule has 2 aromatic carbocycles. The van der Waals surface area contributed by atoms with Gasteiger partial charge in [-0.1, -0.05) is 6.07 Å². The van der Waals surface area contributed by atoms with Gasteiger partial charge in [0.15, 0.2) is 11.5 Å². The number of hydrogen-bond acceptors (Lipinski definition) is 8. The summed E-state index contributed by atoms with van der Waals surface area (Å²) < 4.78 is 22.0. The maximum Gasteiger partial charge on any atom is 0.309 e. The van der Waals surface area contributed by atoms with E-state index in [2.05, 4.69) is 4.90 Å². The predicted molar refractivity (Wildman–Crippen MR) is 132 cm³/mol. The number of methoxy groups -OCH3 is 2. The molecule has 0 bridgehead atoms. The smallest absolute Gasteiger partial charge is 0.309 e. The zero-order chi connectivity index (χ0) is 25.1. The summed E-state index contributed by atoms with van der Waals surface area (Å²) >= 11 is 0. The molecule has 1 fully saturated rings. The Bertz CT molecular complexity index is 1290. The Morgan fingerprint density at radius 3 is 2.49 bits per heavy atom. The van der Waals surface area contributed by atoms with Crippen molar-refractivity contribution in [2.75, 3.05) is 33.9 Å². The molecule has 3 aromatic rings. The Hall–Kier alpha value is -3.52. The van der Waals surface area contributed by atoms with E-state index >= 15 is 0 Å². The number of fused-ring (bicyclic) bond motifs is 1. The third-order valence-electron chi connectivity index (χ3n) is 6.58. The van der Waals surface area contributed by atoms with Crippen molar-refractivity contribution in [2.45, 2.75) is 33.2 Å². The van der Waals surface area contributed by atoms with Crippen molar-refractivity contribution in [3.63, 3.8) is 0 Å². The van der Waals surface area contributed by atoms with Gasteiger partial charge in [-0.05, 0) is 69.6 Å². The normalized spacial score (nSPS) is 14.7. The fourth-order valence-electron chi connectivity index (χ4n) is 4.70. The number of hydrogen-bond donors (Lipinski definition) is 1. The number of rotatable bonds is 7. The van der Waals surface area contributed by atoms with Crippen LogP contribution < -0.4 is 14.9 Å². The van der Waals surface area contributed by atoms with Gasteiger partial charge in [0.1, 0.15) is 17.1 Å². The Morgan fingerprint density at radius 2 is 1.83 bits per heavy atom. The Labute approximate surface area is 204 Å². The summed E-state index contributed by atoms with van der Waals surface area (Å²) in [4.78, 5) is 27.8. The van der Waals surface area contributed by atoms with Gasteiger partial charge in [0.2, 0.25) is 5.43 Å². The molecule has 35 heavy (non-hydrogen) atoms. The van der Waals surface area contributed by atoms with Crippen LogP contribution >= 0.6 is 0 Å². The Balaban J connectivity index is 1.67. The Morgan fingerprint density at radius 1 is 1.11 bits per heavy atom. The van der Waals surface area contributed by atoms with Gasteiger partial charge in [-0.2, -0.15) is 0 Å². The topological polar surface area (TPSA) is 98.4 Å². The summed E-state index contributed by atoms with van der Waals surface area (Å²) in [5.74, 6) is 1.36. The van der Waals surface area contributed by atoms with Gasteiger partial charge in [0.25, 0.3) is 0 Å². The van der Waals surface area contributed by atoms with Gasteiger partial charge in [0.05, 0.1) is 43.3 Å². The molecule has 0 unspecified atom stereocenters. The van der Waals surface area contributed by atoms with E-state index in [1.807, 2.05) is 6.92 Å². The first-order valence-corrected chi connectivity index (χ1v) is 11.8. The number of carbonyl (C=O) groups excluding carboxylic acids is 1. The molecule has 0 spiro atoms. The van der Waals surface area contributed by atoms with Crippen molar-refractivity contribution in [3.8, 4) is 28.4 Å². The van der Waals surface area contributed by atoms with Crippen LogP contribution in [0.3, 0.4) is 0 Å². The number of piperidine rings is 1. The second kappa shape index (κ2) is 10.4. The first kappa shape index (κ1) is 24.6. The number of nitrogens with zero attached hydrogens (tertiary/aromatic N) is 1. The van der Waals surface area contributed by atoms with E-state index in [0.717, 1.165) is 0 Å². The van der Waals surface area contributed by atoms with E-state index in [-0.39, 0.29) is 23.1 Å². The van der Waals surface area contributed by atoms with Crippen LogP contribution in [-0.4, -0.2) is 49.9 Å². The van der Waals surface area contributed by atoms with E-state index in [1.165, 1.54) is 6.07 Å². The number of phenols is 1. The van der Waals surface area contributed by atoms with Crippen LogP contribution in [0.4, 0.5) is 0 Å². The number of ether oxygens (including phenoxy) is 3. The zero-order valence-corrected chi connectivity index (χ0v) is 20.6. The van der Waals surface area contributed by atoms with Crippen molar-refractivity contribution in [1.82, 2.24) is 4.90 Å². The minimum Gasteiger partial charge on any atom is -0.507 e. The van der Waals surface area contributed by atoms with Crippen LogP contribution in [0.5, 0.6) is 17.2 Å². The molecule has 1 N–H and O–H groups in total. The van der Waals surface area contributed by atoms with Gasteiger partial charge in [-0.3, -0.25) is 14.5 Å². The van der Waals surface area contributed by atoms with Crippen molar-refractivity contribution in [3.05, 3.63) is 51.9 Å². The van der Waals surface area contributed by atoms with E-state index < -0.39 is 0 Å². The summed E-state index contributed by atoms with van der Waals surface area (Å²) in [5.41, 5.74) is 1.86. The number of phenolic OH excluding ortho intramolecular Hbond substituents is 1. The minimum absolute atomic E-state index is 0.0754. The predicted octanol–water partition coefficient (Wildman–Crippen LogP) is 4.27. The van der Waals surface area contributed by atoms with Crippen LogP contribution in [0.25, 0.3) is 22.1 Å². The molecule has 186 valence electrons. The fourth-order valence-corrected chi connectivity index (χ4v) is 4.70.